The lowest BCUT2D eigenvalue weighted by Crippen LogP contribution is -2.48. The van der Waals surface area contributed by atoms with E-state index in [9.17, 15) is 9.59 Å². The summed E-state index contributed by atoms with van der Waals surface area (Å²) in [7, 11) is 0. The SMILES string of the molecule is CCN1c2cc(C)c(/C=C3\NC(=O)N(Cc4ccc(C)cc4)C3=O)cc2[C@H](C)CC1(C)C. The Balaban J connectivity index is 1.64. The minimum absolute atomic E-state index is 0.111. The molecule has 5 heteroatoms. The first-order chi connectivity index (χ1) is 15.1. The van der Waals surface area contributed by atoms with Gasteiger partial charge in [0.2, 0.25) is 0 Å². The quantitative estimate of drug-likeness (QED) is 0.513. The summed E-state index contributed by atoms with van der Waals surface area (Å²) in [6, 6.07) is 11.9. The van der Waals surface area contributed by atoms with E-state index in [4.69, 9.17) is 0 Å². The summed E-state index contributed by atoms with van der Waals surface area (Å²) in [4.78, 5) is 29.3. The minimum atomic E-state index is -0.371. The Bertz CT molecular complexity index is 1100. The minimum Gasteiger partial charge on any atom is -0.366 e. The van der Waals surface area contributed by atoms with Crippen LogP contribution in [-0.2, 0) is 11.3 Å². The maximum Gasteiger partial charge on any atom is 0.329 e. The molecule has 0 unspecified atom stereocenters. The van der Waals surface area contributed by atoms with Gasteiger partial charge < -0.3 is 10.2 Å². The molecule has 2 aromatic carbocycles. The second-order valence-electron chi connectivity index (χ2n) is 9.79. The van der Waals surface area contributed by atoms with Gasteiger partial charge in [0.25, 0.3) is 5.91 Å². The third-order valence-corrected chi connectivity index (χ3v) is 6.81. The average molecular weight is 432 g/mol. The number of hydrogen-bond donors (Lipinski definition) is 1. The molecule has 0 saturated carbocycles. The standard InChI is InChI=1S/C27H33N3O2/c1-7-30-24-12-18(3)21(13-22(24)19(4)15-27(30,5)6)14-23-25(31)29(26(32)28-23)16-20-10-8-17(2)9-11-20/h8-14,19H,7,15-16H2,1-6H3,(H,28,32)/b23-14-/t19-/m1/s1. The molecule has 0 aromatic heterocycles. The van der Waals surface area contributed by atoms with Crippen molar-refractivity contribution in [1.29, 1.82) is 0 Å². The van der Waals surface area contributed by atoms with Crippen molar-refractivity contribution in [2.45, 2.75) is 66.0 Å². The van der Waals surface area contributed by atoms with Crippen LogP contribution in [0.4, 0.5) is 10.5 Å². The third kappa shape index (κ3) is 3.92. The van der Waals surface area contributed by atoms with E-state index in [1.165, 1.54) is 16.2 Å². The van der Waals surface area contributed by atoms with Gasteiger partial charge in [0.05, 0.1) is 6.54 Å². The molecule has 2 aliphatic rings. The van der Waals surface area contributed by atoms with Crippen molar-refractivity contribution in [3.63, 3.8) is 0 Å². The second-order valence-corrected chi connectivity index (χ2v) is 9.79. The van der Waals surface area contributed by atoms with Gasteiger partial charge in [-0.1, -0.05) is 36.8 Å². The van der Waals surface area contributed by atoms with Crippen molar-refractivity contribution in [1.82, 2.24) is 10.2 Å². The summed E-state index contributed by atoms with van der Waals surface area (Å²) >= 11 is 0. The van der Waals surface area contributed by atoms with E-state index in [1.807, 2.05) is 37.3 Å². The summed E-state index contributed by atoms with van der Waals surface area (Å²) in [6.07, 6.45) is 2.90. The van der Waals surface area contributed by atoms with E-state index in [1.54, 1.807) is 0 Å². The van der Waals surface area contributed by atoms with E-state index in [2.05, 4.69) is 57.0 Å². The lowest BCUT2D eigenvalue weighted by atomic mass is 9.79. The van der Waals surface area contributed by atoms with Gasteiger partial charge in [0.1, 0.15) is 5.70 Å². The van der Waals surface area contributed by atoms with Gasteiger partial charge in [-0.3, -0.25) is 9.69 Å². The number of nitrogens with zero attached hydrogens (tertiary/aromatic N) is 2. The number of urea groups is 1. The van der Waals surface area contributed by atoms with Crippen molar-refractivity contribution in [3.05, 3.63) is 69.9 Å². The zero-order valence-corrected chi connectivity index (χ0v) is 20.0. The third-order valence-electron chi connectivity index (χ3n) is 6.81. The molecule has 2 aromatic rings. The number of benzene rings is 2. The molecule has 168 valence electrons. The zero-order chi connectivity index (χ0) is 23.2. The van der Waals surface area contributed by atoms with E-state index in [0.29, 0.717) is 11.6 Å². The lowest BCUT2D eigenvalue weighted by molar-refractivity contribution is -0.123. The van der Waals surface area contributed by atoms with Crippen molar-refractivity contribution in [2.75, 3.05) is 11.4 Å². The number of carbonyl (C=O) groups is 2. The van der Waals surface area contributed by atoms with Gasteiger partial charge in [0.15, 0.2) is 0 Å². The van der Waals surface area contributed by atoms with Crippen molar-refractivity contribution in [2.24, 2.45) is 0 Å². The molecular weight excluding hydrogens is 398 g/mol. The molecule has 4 rings (SSSR count). The van der Waals surface area contributed by atoms with E-state index in [-0.39, 0.29) is 24.0 Å². The topological polar surface area (TPSA) is 52.7 Å². The first kappa shape index (κ1) is 22.1. The van der Waals surface area contributed by atoms with E-state index >= 15 is 0 Å². The van der Waals surface area contributed by atoms with E-state index in [0.717, 1.165) is 35.2 Å². The highest BCUT2D eigenvalue weighted by atomic mass is 16.2. The highest BCUT2D eigenvalue weighted by Gasteiger charge is 2.36. The van der Waals surface area contributed by atoms with Crippen LogP contribution in [0.3, 0.4) is 0 Å². The average Bonchev–Trinajstić information content (AvgIpc) is 2.98. The fourth-order valence-corrected chi connectivity index (χ4v) is 5.15. The molecule has 5 nitrogen and oxygen atoms in total. The number of fused-ring (bicyclic) bond motifs is 1. The number of anilines is 1. The molecule has 0 aliphatic carbocycles. The number of nitrogens with one attached hydrogen (secondary N) is 1. The van der Waals surface area contributed by atoms with E-state index < -0.39 is 0 Å². The van der Waals surface area contributed by atoms with Gasteiger partial charge >= 0.3 is 6.03 Å². The monoisotopic (exact) mass is 431 g/mol. The molecule has 0 spiro atoms. The highest BCUT2D eigenvalue weighted by molar-refractivity contribution is 6.14. The van der Waals surface area contributed by atoms with Crippen LogP contribution in [0.1, 0.15) is 67.9 Å². The first-order valence-electron chi connectivity index (χ1n) is 11.4. The normalized spacial score (nSPS) is 21.2. The molecule has 2 aliphatic heterocycles. The van der Waals surface area contributed by atoms with Crippen molar-refractivity contribution < 1.29 is 9.59 Å². The Labute approximate surface area is 191 Å². The van der Waals surface area contributed by atoms with Crippen LogP contribution in [0.15, 0.2) is 42.1 Å². The molecule has 32 heavy (non-hydrogen) atoms. The molecule has 1 fully saturated rings. The van der Waals surface area contributed by atoms with Gasteiger partial charge in [-0.25, -0.2) is 4.79 Å². The van der Waals surface area contributed by atoms with Crippen LogP contribution in [0.25, 0.3) is 6.08 Å². The summed E-state index contributed by atoms with van der Waals surface area (Å²) in [5.74, 6) is 0.143. The number of rotatable bonds is 4. The number of imide groups is 1. The smallest absolute Gasteiger partial charge is 0.329 e. The summed E-state index contributed by atoms with van der Waals surface area (Å²) in [6.45, 7) is 14.4. The lowest BCUT2D eigenvalue weighted by Gasteiger charge is -2.47. The zero-order valence-electron chi connectivity index (χ0n) is 20.0. The molecular formula is C27H33N3O2. The van der Waals surface area contributed by atoms with Crippen LogP contribution in [-0.4, -0.2) is 28.9 Å². The highest BCUT2D eigenvalue weighted by Crippen LogP contribution is 2.44. The molecule has 1 atom stereocenters. The number of carbonyl (C=O) groups excluding carboxylic acids is 2. The van der Waals surface area contributed by atoms with Gasteiger partial charge in [-0.15, -0.1) is 0 Å². The van der Waals surface area contributed by atoms with Crippen LogP contribution in [0.5, 0.6) is 0 Å². The number of aryl methyl sites for hydroxylation is 2. The molecule has 0 radical (unpaired) electrons. The predicted octanol–water partition coefficient (Wildman–Crippen LogP) is 5.51. The second kappa shape index (κ2) is 8.12. The predicted molar refractivity (Wildman–Crippen MR) is 130 cm³/mol. The Morgan fingerprint density at radius 1 is 1.12 bits per heavy atom. The molecule has 1 saturated heterocycles. The van der Waals surface area contributed by atoms with Crippen LogP contribution in [0, 0.1) is 13.8 Å². The van der Waals surface area contributed by atoms with Gasteiger partial charge in [0, 0.05) is 17.8 Å². The maximum atomic E-state index is 13.0. The fourth-order valence-electron chi connectivity index (χ4n) is 5.15. The molecule has 3 amide bonds. The molecule has 2 heterocycles. The largest absolute Gasteiger partial charge is 0.366 e. The summed E-state index contributed by atoms with van der Waals surface area (Å²) in [5.41, 5.74) is 7.18. The van der Waals surface area contributed by atoms with Crippen LogP contribution >= 0.6 is 0 Å². The van der Waals surface area contributed by atoms with Crippen molar-refractivity contribution >= 4 is 23.7 Å². The summed E-state index contributed by atoms with van der Waals surface area (Å²) in [5, 5.41) is 2.77. The molecule has 0 bridgehead atoms. The maximum absolute atomic E-state index is 13.0. The molecule has 1 N–H and O–H groups in total. The Kier molecular flexibility index (Phi) is 5.61. The van der Waals surface area contributed by atoms with Crippen LogP contribution in [0.2, 0.25) is 0 Å². The fraction of sp³-hybridized carbons (Fsp3) is 0.407. The Morgan fingerprint density at radius 2 is 1.81 bits per heavy atom. The van der Waals surface area contributed by atoms with Gasteiger partial charge in [-0.05, 0) is 87.4 Å². The summed E-state index contributed by atoms with van der Waals surface area (Å²) < 4.78 is 0. The van der Waals surface area contributed by atoms with Crippen LogP contribution < -0.4 is 10.2 Å². The van der Waals surface area contributed by atoms with Gasteiger partial charge in [-0.2, -0.15) is 0 Å². The number of hydrogen-bond acceptors (Lipinski definition) is 3. The number of amides is 3. The first-order valence-corrected chi connectivity index (χ1v) is 11.4. The Morgan fingerprint density at radius 3 is 2.47 bits per heavy atom. The van der Waals surface area contributed by atoms with Crippen molar-refractivity contribution in [3.8, 4) is 0 Å². The Hall–Kier alpha value is -3.08.